The van der Waals surface area contributed by atoms with Gasteiger partial charge in [0.1, 0.15) is 0 Å². The number of aryl methyl sites for hydroxylation is 1. The molecule has 7 heteroatoms. The highest BCUT2D eigenvalue weighted by Gasteiger charge is 2.35. The van der Waals surface area contributed by atoms with Crippen LogP contribution in [0.25, 0.3) is 0 Å². The van der Waals surface area contributed by atoms with Crippen molar-refractivity contribution in [3.8, 4) is 0 Å². The van der Waals surface area contributed by atoms with Gasteiger partial charge in [0, 0.05) is 18.2 Å². The third kappa shape index (κ3) is 3.80. The standard InChI is InChI=1S/C22H19N3O4/c1-14-11-17(29-24-14)13-23-20(26)16-7-8-18-19(12-16)22(28)25(21(18)27)10-9-15-5-3-2-4-6-15/h2-8,11-12H,9-10,13H2,1H3,(H,23,26). The third-order valence-corrected chi connectivity index (χ3v) is 4.80. The number of nitrogens with one attached hydrogen (secondary N) is 1. The zero-order valence-corrected chi connectivity index (χ0v) is 15.8. The van der Waals surface area contributed by atoms with Gasteiger partial charge >= 0.3 is 0 Å². The molecule has 1 aliphatic rings. The average molecular weight is 389 g/mol. The molecule has 3 amide bonds. The van der Waals surface area contributed by atoms with Gasteiger partial charge in [-0.25, -0.2) is 0 Å². The van der Waals surface area contributed by atoms with Gasteiger partial charge in [0.25, 0.3) is 17.7 Å². The van der Waals surface area contributed by atoms with Crippen molar-refractivity contribution in [2.75, 3.05) is 6.54 Å². The molecule has 1 aromatic heterocycles. The number of benzene rings is 2. The Hall–Kier alpha value is -3.74. The predicted octanol–water partition coefficient (Wildman–Crippen LogP) is 2.75. The van der Waals surface area contributed by atoms with Gasteiger partial charge in [-0.1, -0.05) is 35.5 Å². The summed E-state index contributed by atoms with van der Waals surface area (Å²) in [6.45, 7) is 2.27. The molecule has 0 saturated heterocycles. The second-order valence-corrected chi connectivity index (χ2v) is 6.88. The van der Waals surface area contributed by atoms with E-state index in [0.717, 1.165) is 11.3 Å². The fraction of sp³-hybridized carbons (Fsp3) is 0.182. The smallest absolute Gasteiger partial charge is 0.261 e. The minimum Gasteiger partial charge on any atom is -0.359 e. The summed E-state index contributed by atoms with van der Waals surface area (Å²) in [5, 5.41) is 6.49. The molecule has 0 radical (unpaired) electrons. The molecule has 29 heavy (non-hydrogen) atoms. The number of fused-ring (bicyclic) bond motifs is 1. The Bertz CT molecular complexity index is 1090. The molecule has 146 valence electrons. The van der Waals surface area contributed by atoms with Crippen molar-refractivity contribution in [1.29, 1.82) is 0 Å². The van der Waals surface area contributed by atoms with Gasteiger partial charge in [0.15, 0.2) is 5.76 Å². The molecular formula is C22H19N3O4. The Labute approximate surface area is 167 Å². The molecule has 1 aliphatic heterocycles. The normalized spacial score (nSPS) is 12.9. The Morgan fingerprint density at radius 2 is 1.79 bits per heavy atom. The van der Waals surface area contributed by atoms with Crippen LogP contribution < -0.4 is 5.32 Å². The molecule has 2 aromatic carbocycles. The van der Waals surface area contributed by atoms with E-state index >= 15 is 0 Å². The summed E-state index contributed by atoms with van der Waals surface area (Å²) in [4.78, 5) is 39.0. The number of carbonyl (C=O) groups excluding carboxylic acids is 3. The summed E-state index contributed by atoms with van der Waals surface area (Å²) >= 11 is 0. The molecule has 4 rings (SSSR count). The minimum absolute atomic E-state index is 0.187. The van der Waals surface area contributed by atoms with Crippen LogP contribution in [-0.4, -0.2) is 34.3 Å². The molecule has 0 saturated carbocycles. The maximum atomic E-state index is 12.7. The van der Waals surface area contributed by atoms with E-state index in [0.29, 0.717) is 29.9 Å². The molecule has 3 aromatic rings. The molecule has 0 spiro atoms. The summed E-state index contributed by atoms with van der Waals surface area (Å²) < 4.78 is 5.06. The molecule has 0 fully saturated rings. The van der Waals surface area contributed by atoms with Gasteiger partial charge < -0.3 is 9.84 Å². The molecule has 0 bridgehead atoms. The van der Waals surface area contributed by atoms with Crippen LogP contribution in [-0.2, 0) is 13.0 Å². The van der Waals surface area contributed by atoms with E-state index in [4.69, 9.17) is 4.52 Å². The average Bonchev–Trinajstić information content (AvgIpc) is 3.26. The van der Waals surface area contributed by atoms with Crippen LogP contribution >= 0.6 is 0 Å². The SMILES string of the molecule is Cc1cc(CNC(=O)c2ccc3c(c2)C(=O)N(CCc2ccccc2)C3=O)on1. The monoisotopic (exact) mass is 389 g/mol. The molecule has 1 N–H and O–H groups in total. The zero-order chi connectivity index (χ0) is 20.4. The highest BCUT2D eigenvalue weighted by Crippen LogP contribution is 2.24. The lowest BCUT2D eigenvalue weighted by molar-refractivity contribution is 0.0656. The molecule has 0 aliphatic carbocycles. The molecular weight excluding hydrogens is 370 g/mol. The first kappa shape index (κ1) is 18.6. The minimum atomic E-state index is -0.374. The van der Waals surface area contributed by atoms with Crippen molar-refractivity contribution in [3.05, 3.63) is 88.3 Å². The van der Waals surface area contributed by atoms with Crippen LogP contribution in [0.15, 0.2) is 59.1 Å². The van der Waals surface area contributed by atoms with Gasteiger partial charge in [0.2, 0.25) is 0 Å². The van der Waals surface area contributed by atoms with E-state index in [9.17, 15) is 14.4 Å². The number of rotatable bonds is 6. The van der Waals surface area contributed by atoms with Crippen molar-refractivity contribution in [1.82, 2.24) is 15.4 Å². The quantitative estimate of drug-likeness (QED) is 0.655. The topological polar surface area (TPSA) is 92.5 Å². The number of carbonyl (C=O) groups is 3. The molecule has 2 heterocycles. The van der Waals surface area contributed by atoms with Crippen LogP contribution in [0.5, 0.6) is 0 Å². The van der Waals surface area contributed by atoms with Crippen molar-refractivity contribution in [2.45, 2.75) is 19.9 Å². The Morgan fingerprint density at radius 3 is 2.52 bits per heavy atom. The van der Waals surface area contributed by atoms with E-state index in [1.165, 1.54) is 17.0 Å². The van der Waals surface area contributed by atoms with Crippen molar-refractivity contribution in [2.24, 2.45) is 0 Å². The number of nitrogens with zero attached hydrogens (tertiary/aromatic N) is 2. The van der Waals surface area contributed by atoms with E-state index in [-0.39, 0.29) is 29.8 Å². The molecule has 0 atom stereocenters. The maximum Gasteiger partial charge on any atom is 0.261 e. The van der Waals surface area contributed by atoms with Crippen LogP contribution in [0.2, 0.25) is 0 Å². The first-order chi connectivity index (χ1) is 14.0. The summed E-state index contributed by atoms with van der Waals surface area (Å²) in [7, 11) is 0. The first-order valence-electron chi connectivity index (χ1n) is 9.27. The van der Waals surface area contributed by atoms with Crippen LogP contribution in [0, 0.1) is 6.92 Å². The van der Waals surface area contributed by atoms with Crippen molar-refractivity contribution >= 4 is 17.7 Å². The van der Waals surface area contributed by atoms with Crippen LogP contribution in [0.1, 0.15) is 48.1 Å². The van der Waals surface area contributed by atoms with Gasteiger partial charge in [-0.05, 0) is 37.1 Å². The predicted molar refractivity (Wildman–Crippen MR) is 104 cm³/mol. The molecule has 0 unspecified atom stereocenters. The van der Waals surface area contributed by atoms with Crippen LogP contribution in [0.3, 0.4) is 0 Å². The van der Waals surface area contributed by atoms with Gasteiger partial charge in [-0.2, -0.15) is 0 Å². The second-order valence-electron chi connectivity index (χ2n) is 6.88. The van der Waals surface area contributed by atoms with Crippen molar-refractivity contribution < 1.29 is 18.9 Å². The number of hydrogen-bond donors (Lipinski definition) is 1. The third-order valence-electron chi connectivity index (χ3n) is 4.80. The lowest BCUT2D eigenvalue weighted by Gasteiger charge is -2.13. The Morgan fingerprint density at radius 1 is 1.03 bits per heavy atom. The fourth-order valence-corrected chi connectivity index (χ4v) is 3.29. The number of hydrogen-bond acceptors (Lipinski definition) is 5. The highest BCUT2D eigenvalue weighted by atomic mass is 16.5. The first-order valence-corrected chi connectivity index (χ1v) is 9.27. The van der Waals surface area contributed by atoms with E-state index in [1.807, 2.05) is 30.3 Å². The lowest BCUT2D eigenvalue weighted by atomic mass is 10.1. The molecule has 7 nitrogen and oxygen atoms in total. The highest BCUT2D eigenvalue weighted by molar-refractivity contribution is 6.22. The zero-order valence-electron chi connectivity index (χ0n) is 15.8. The number of amides is 3. The van der Waals surface area contributed by atoms with Gasteiger partial charge in [-0.15, -0.1) is 0 Å². The summed E-state index contributed by atoms with van der Waals surface area (Å²) in [6, 6.07) is 16.0. The number of imide groups is 1. The fourth-order valence-electron chi connectivity index (χ4n) is 3.29. The van der Waals surface area contributed by atoms with Gasteiger partial charge in [0.05, 0.1) is 23.4 Å². The maximum absolute atomic E-state index is 12.7. The Kier molecular flexibility index (Phi) is 4.95. The van der Waals surface area contributed by atoms with Crippen molar-refractivity contribution in [3.63, 3.8) is 0 Å². The van der Waals surface area contributed by atoms with Gasteiger partial charge in [-0.3, -0.25) is 19.3 Å². The van der Waals surface area contributed by atoms with E-state index < -0.39 is 0 Å². The van der Waals surface area contributed by atoms with E-state index in [1.54, 1.807) is 19.1 Å². The van der Waals surface area contributed by atoms with Crippen LogP contribution in [0.4, 0.5) is 0 Å². The second kappa shape index (κ2) is 7.71. The summed E-state index contributed by atoms with van der Waals surface area (Å²) in [5.74, 6) is -0.522. The van der Waals surface area contributed by atoms with E-state index in [2.05, 4.69) is 10.5 Å². The summed E-state index contributed by atoms with van der Waals surface area (Å²) in [5.41, 5.74) is 2.67. The Balaban J connectivity index is 1.45. The lowest BCUT2D eigenvalue weighted by Crippen LogP contribution is -2.31. The summed E-state index contributed by atoms with van der Waals surface area (Å²) in [6.07, 6.45) is 0.580. The number of aromatic nitrogens is 1. The largest absolute Gasteiger partial charge is 0.359 e.